The third kappa shape index (κ3) is 4.64. The summed E-state index contributed by atoms with van der Waals surface area (Å²) < 4.78 is 5.30. The lowest BCUT2D eigenvalue weighted by atomic mass is 9.84. The molecule has 7 heteroatoms. The second-order valence-corrected chi connectivity index (χ2v) is 9.98. The molecule has 3 aromatic rings. The van der Waals surface area contributed by atoms with E-state index >= 15 is 0 Å². The number of rotatable bonds is 6. The fourth-order valence-corrected chi connectivity index (χ4v) is 5.90. The highest BCUT2D eigenvalue weighted by molar-refractivity contribution is 7.13. The Balaban J connectivity index is 1.09. The van der Waals surface area contributed by atoms with Crippen LogP contribution >= 0.6 is 11.3 Å². The molecule has 1 saturated carbocycles. The highest BCUT2D eigenvalue weighted by Gasteiger charge is 2.25. The summed E-state index contributed by atoms with van der Waals surface area (Å²) in [6.45, 7) is 3.19. The van der Waals surface area contributed by atoms with E-state index in [0.717, 1.165) is 66.5 Å². The van der Waals surface area contributed by atoms with Crippen LogP contribution in [0.4, 0.5) is 0 Å². The molecule has 6 nitrogen and oxygen atoms in total. The SMILES string of the molecule is COc1nc2c(s1)CCN(CC[C@H]1CC[C@H](NC(=O)c3cccc4ncccc34)CC1)C2. The molecule has 0 bridgehead atoms. The maximum Gasteiger partial charge on any atom is 0.273 e. The standard InChI is InChI=1S/C25H30N4O2S/c1-31-25-28-22-16-29(15-12-23(22)32-25)14-11-17-7-9-18(10-8-17)27-24(30)20-4-2-6-21-19(20)5-3-13-26-21/h2-6,13,17-18H,7-12,14-16H2,1H3,(H,27,30)/t17-,18-. The predicted molar refractivity (Wildman–Crippen MR) is 127 cm³/mol. The van der Waals surface area contributed by atoms with E-state index in [2.05, 4.69) is 20.2 Å². The summed E-state index contributed by atoms with van der Waals surface area (Å²) in [6, 6.07) is 9.88. The normalized spacial score (nSPS) is 21.3. The van der Waals surface area contributed by atoms with Crippen molar-refractivity contribution in [3.8, 4) is 5.19 Å². The van der Waals surface area contributed by atoms with Gasteiger partial charge in [0.1, 0.15) is 0 Å². The minimum atomic E-state index is 0.0230. The number of aromatic nitrogens is 2. The Bertz CT molecular complexity index is 1090. The molecule has 1 aliphatic heterocycles. The van der Waals surface area contributed by atoms with Gasteiger partial charge < -0.3 is 10.1 Å². The molecule has 0 saturated heterocycles. The Morgan fingerprint density at radius 2 is 2.09 bits per heavy atom. The second-order valence-electron chi connectivity index (χ2n) is 8.94. The van der Waals surface area contributed by atoms with Crippen molar-refractivity contribution >= 4 is 28.1 Å². The molecular formula is C25H30N4O2S. The van der Waals surface area contributed by atoms with Gasteiger partial charge in [-0.1, -0.05) is 23.5 Å². The molecule has 3 heterocycles. The smallest absolute Gasteiger partial charge is 0.273 e. The predicted octanol–water partition coefficient (Wildman–Crippen LogP) is 4.44. The molecule has 1 aliphatic carbocycles. The number of methoxy groups -OCH3 is 1. The first kappa shape index (κ1) is 21.3. The number of hydrogen-bond donors (Lipinski definition) is 1. The average Bonchev–Trinajstić information content (AvgIpc) is 3.26. The summed E-state index contributed by atoms with van der Waals surface area (Å²) >= 11 is 1.69. The Morgan fingerprint density at radius 3 is 2.94 bits per heavy atom. The minimum absolute atomic E-state index is 0.0230. The Kier molecular flexibility index (Phi) is 6.37. The van der Waals surface area contributed by atoms with Crippen molar-refractivity contribution in [2.75, 3.05) is 20.2 Å². The van der Waals surface area contributed by atoms with E-state index in [9.17, 15) is 4.79 Å². The van der Waals surface area contributed by atoms with Gasteiger partial charge in [0.05, 0.1) is 18.3 Å². The quantitative estimate of drug-likeness (QED) is 0.602. The molecule has 0 spiro atoms. The number of ether oxygens (including phenoxy) is 1. The Morgan fingerprint density at radius 1 is 1.22 bits per heavy atom. The molecule has 1 amide bonds. The van der Waals surface area contributed by atoms with Crippen LogP contribution in [0.1, 0.15) is 53.0 Å². The number of carbonyl (C=O) groups is 1. The van der Waals surface area contributed by atoms with E-state index in [-0.39, 0.29) is 11.9 Å². The lowest BCUT2D eigenvalue weighted by molar-refractivity contribution is 0.0921. The van der Waals surface area contributed by atoms with Crippen LogP contribution in [-0.2, 0) is 13.0 Å². The van der Waals surface area contributed by atoms with Gasteiger partial charge in [-0.3, -0.25) is 14.7 Å². The van der Waals surface area contributed by atoms with Crippen molar-refractivity contribution < 1.29 is 9.53 Å². The van der Waals surface area contributed by atoms with Crippen LogP contribution < -0.4 is 10.1 Å². The van der Waals surface area contributed by atoms with Crippen LogP contribution in [0.15, 0.2) is 36.5 Å². The van der Waals surface area contributed by atoms with Gasteiger partial charge in [-0.2, -0.15) is 0 Å². The van der Waals surface area contributed by atoms with Crippen LogP contribution in [0.25, 0.3) is 10.9 Å². The summed E-state index contributed by atoms with van der Waals surface area (Å²) in [5.74, 6) is 0.770. The van der Waals surface area contributed by atoms with Crippen molar-refractivity contribution in [2.24, 2.45) is 5.92 Å². The zero-order valence-electron chi connectivity index (χ0n) is 18.5. The number of carbonyl (C=O) groups excluding carboxylic acids is 1. The molecule has 1 N–H and O–H groups in total. The zero-order valence-corrected chi connectivity index (χ0v) is 19.4. The lowest BCUT2D eigenvalue weighted by Gasteiger charge is -2.32. The molecule has 1 fully saturated rings. The van der Waals surface area contributed by atoms with E-state index in [4.69, 9.17) is 4.74 Å². The lowest BCUT2D eigenvalue weighted by Crippen LogP contribution is -2.38. The van der Waals surface area contributed by atoms with Gasteiger partial charge in [-0.25, -0.2) is 4.98 Å². The van der Waals surface area contributed by atoms with Gasteiger partial charge in [-0.05, 0) is 69.2 Å². The van der Waals surface area contributed by atoms with Crippen molar-refractivity contribution in [1.29, 1.82) is 0 Å². The summed E-state index contributed by atoms with van der Waals surface area (Å²) in [5.41, 5.74) is 2.79. The molecular weight excluding hydrogens is 420 g/mol. The second kappa shape index (κ2) is 9.55. The molecule has 1 aromatic carbocycles. The third-order valence-electron chi connectivity index (χ3n) is 6.89. The van der Waals surface area contributed by atoms with Crippen LogP contribution in [-0.4, -0.2) is 47.0 Å². The molecule has 0 radical (unpaired) electrons. The van der Waals surface area contributed by atoms with E-state index in [1.54, 1.807) is 24.6 Å². The van der Waals surface area contributed by atoms with Gasteiger partial charge in [0.2, 0.25) is 0 Å². The highest BCUT2D eigenvalue weighted by atomic mass is 32.1. The van der Waals surface area contributed by atoms with Crippen molar-refractivity contribution in [2.45, 2.75) is 51.1 Å². The number of amides is 1. The molecule has 168 valence electrons. The van der Waals surface area contributed by atoms with Crippen molar-refractivity contribution in [3.05, 3.63) is 52.7 Å². The first-order valence-corrected chi connectivity index (χ1v) is 12.4. The molecule has 32 heavy (non-hydrogen) atoms. The topological polar surface area (TPSA) is 67.3 Å². The van der Waals surface area contributed by atoms with Gasteiger partial charge >= 0.3 is 0 Å². The van der Waals surface area contributed by atoms with Gasteiger partial charge in [0.15, 0.2) is 0 Å². The van der Waals surface area contributed by atoms with Crippen LogP contribution in [0.2, 0.25) is 0 Å². The summed E-state index contributed by atoms with van der Waals surface area (Å²) in [6.07, 6.45) is 8.57. The van der Waals surface area contributed by atoms with E-state index < -0.39 is 0 Å². The van der Waals surface area contributed by atoms with Crippen LogP contribution in [0, 0.1) is 5.92 Å². The summed E-state index contributed by atoms with van der Waals surface area (Å²) in [4.78, 5) is 25.8. The first-order chi connectivity index (χ1) is 15.7. The van der Waals surface area contributed by atoms with E-state index in [0.29, 0.717) is 0 Å². The van der Waals surface area contributed by atoms with Gasteiger partial charge in [0, 0.05) is 41.2 Å². The Labute approximate surface area is 193 Å². The van der Waals surface area contributed by atoms with E-state index in [1.165, 1.54) is 29.8 Å². The van der Waals surface area contributed by atoms with E-state index in [1.807, 2.05) is 30.3 Å². The molecule has 2 aromatic heterocycles. The van der Waals surface area contributed by atoms with Crippen LogP contribution in [0.5, 0.6) is 5.19 Å². The molecule has 0 unspecified atom stereocenters. The fraction of sp³-hybridized carbons (Fsp3) is 0.480. The average molecular weight is 451 g/mol. The van der Waals surface area contributed by atoms with Crippen molar-refractivity contribution in [1.82, 2.24) is 20.2 Å². The highest BCUT2D eigenvalue weighted by Crippen LogP contribution is 2.31. The number of thiazole rings is 1. The molecule has 2 aliphatic rings. The number of hydrogen-bond acceptors (Lipinski definition) is 6. The number of benzene rings is 1. The zero-order chi connectivity index (χ0) is 21.9. The number of fused-ring (bicyclic) bond motifs is 2. The minimum Gasteiger partial charge on any atom is -0.473 e. The summed E-state index contributed by atoms with van der Waals surface area (Å²) in [7, 11) is 1.69. The maximum atomic E-state index is 12.9. The number of nitrogens with one attached hydrogen (secondary N) is 1. The number of nitrogens with zero attached hydrogens (tertiary/aromatic N) is 3. The maximum absolute atomic E-state index is 12.9. The molecule has 5 rings (SSSR count). The van der Waals surface area contributed by atoms with Gasteiger partial charge in [-0.15, -0.1) is 0 Å². The molecule has 0 atom stereocenters. The fourth-order valence-electron chi connectivity index (χ4n) is 5.03. The van der Waals surface area contributed by atoms with Gasteiger partial charge in [0.25, 0.3) is 11.1 Å². The van der Waals surface area contributed by atoms with Crippen LogP contribution in [0.3, 0.4) is 0 Å². The Hall–Kier alpha value is -2.51. The monoisotopic (exact) mass is 450 g/mol. The number of pyridine rings is 1. The van der Waals surface area contributed by atoms with Crippen molar-refractivity contribution in [3.63, 3.8) is 0 Å². The first-order valence-electron chi connectivity index (χ1n) is 11.6. The third-order valence-corrected chi connectivity index (χ3v) is 8.01. The largest absolute Gasteiger partial charge is 0.473 e. The summed E-state index contributed by atoms with van der Waals surface area (Å²) in [5, 5.41) is 4.98.